The number of hydrogen-bond acceptors (Lipinski definition) is 1. The molecule has 0 aromatic heterocycles. The van der Waals surface area contributed by atoms with Crippen molar-refractivity contribution in [3.05, 3.63) is 35.9 Å². The fraction of sp³-hybridized carbons (Fsp3) is 0.250. The van der Waals surface area contributed by atoms with Crippen molar-refractivity contribution in [1.29, 1.82) is 0 Å². The van der Waals surface area contributed by atoms with Gasteiger partial charge in [-0.1, -0.05) is 30.3 Å². The molecule has 1 aromatic carbocycles. The van der Waals surface area contributed by atoms with Gasteiger partial charge in [-0.05, 0) is 18.0 Å². The molecule has 0 aliphatic heterocycles. The van der Waals surface area contributed by atoms with Crippen LogP contribution in [0.15, 0.2) is 30.3 Å². The van der Waals surface area contributed by atoms with Crippen molar-refractivity contribution in [1.82, 2.24) is 0 Å². The van der Waals surface area contributed by atoms with Gasteiger partial charge in [-0.15, -0.1) is 0 Å². The number of aryl methyl sites for hydroxylation is 1. The minimum Gasteiger partial charge on any atom is -0.458 e. The maximum absolute atomic E-state index is 4.80. The van der Waals surface area contributed by atoms with Gasteiger partial charge in [0, 0.05) is 0 Å². The summed E-state index contributed by atoms with van der Waals surface area (Å²) in [4.78, 5) is 0. The lowest BCUT2D eigenvalue weighted by Crippen LogP contribution is -1.96. The van der Waals surface area contributed by atoms with Gasteiger partial charge in [0.1, 0.15) is 0 Å². The van der Waals surface area contributed by atoms with Gasteiger partial charge in [0.05, 0.1) is 0 Å². The minimum absolute atomic E-state index is 0.554. The quantitative estimate of drug-likeness (QED) is 0.498. The van der Waals surface area contributed by atoms with Crippen molar-refractivity contribution in [2.24, 2.45) is 0 Å². The summed E-state index contributed by atoms with van der Waals surface area (Å²) >= 11 is 0. The second-order valence-corrected chi connectivity index (χ2v) is 3.84. The highest BCUT2D eigenvalue weighted by atomic mass is 28.3. The molecular weight excluding hydrogens is 168 g/mol. The van der Waals surface area contributed by atoms with Gasteiger partial charge >= 0.3 is 0 Å². The van der Waals surface area contributed by atoms with Crippen LogP contribution in [0.4, 0.5) is 0 Å². The summed E-state index contributed by atoms with van der Waals surface area (Å²) < 4.78 is 4.80. The van der Waals surface area contributed by atoms with Crippen LogP contribution in [0.1, 0.15) is 5.56 Å². The first kappa shape index (κ1) is 8.71. The summed E-state index contributed by atoms with van der Waals surface area (Å²) in [5.41, 5.74) is 1.38. The first-order valence-electron chi connectivity index (χ1n) is 3.53. The van der Waals surface area contributed by atoms with E-state index in [1.807, 2.05) is 6.07 Å². The van der Waals surface area contributed by atoms with E-state index in [0.29, 0.717) is 9.76 Å². The molecule has 11 heavy (non-hydrogen) atoms. The highest BCUT2D eigenvalue weighted by Gasteiger charge is 1.91. The van der Waals surface area contributed by atoms with Gasteiger partial charge in [0.15, 0.2) is 0 Å². The molecule has 0 unspecified atom stereocenters. The highest BCUT2D eigenvalue weighted by Crippen LogP contribution is 2.01. The molecular formula is C8H9OSi2. The van der Waals surface area contributed by atoms with Gasteiger partial charge in [-0.25, -0.2) is 0 Å². The Balaban J connectivity index is 2.28. The average molecular weight is 177 g/mol. The smallest absolute Gasteiger partial charge is 0.229 e. The van der Waals surface area contributed by atoms with Crippen LogP contribution < -0.4 is 0 Å². The summed E-state index contributed by atoms with van der Waals surface area (Å²) in [7, 11) is 3.53. The molecule has 0 atom stereocenters. The van der Waals surface area contributed by atoms with Crippen LogP contribution in [-0.4, -0.2) is 20.2 Å². The van der Waals surface area contributed by atoms with E-state index < -0.39 is 0 Å². The van der Waals surface area contributed by atoms with Crippen molar-refractivity contribution in [3.8, 4) is 0 Å². The average Bonchev–Trinajstić information content (AvgIpc) is 2.07. The van der Waals surface area contributed by atoms with Crippen molar-refractivity contribution < 1.29 is 4.12 Å². The Kier molecular flexibility index (Phi) is 4.19. The van der Waals surface area contributed by atoms with Crippen LogP contribution in [0.3, 0.4) is 0 Å². The standard InChI is InChI=1S/C8H9OSi2/c10-9-11-7-6-8-4-2-1-3-5-8/h1-5H,6-7H2. The highest BCUT2D eigenvalue weighted by molar-refractivity contribution is 6.34. The Labute approximate surface area is 73.3 Å². The van der Waals surface area contributed by atoms with Crippen LogP contribution in [0.5, 0.6) is 0 Å². The molecule has 5 radical (unpaired) electrons. The maximum atomic E-state index is 4.80. The summed E-state index contributed by atoms with van der Waals surface area (Å²) in [6.45, 7) is 0. The van der Waals surface area contributed by atoms with Crippen molar-refractivity contribution in [2.75, 3.05) is 0 Å². The van der Waals surface area contributed by atoms with Crippen molar-refractivity contribution in [3.63, 3.8) is 0 Å². The predicted octanol–water partition coefficient (Wildman–Crippen LogP) is 1.37. The SMILES string of the molecule is [Si]O[Si]CCc1ccccc1. The third kappa shape index (κ3) is 3.50. The van der Waals surface area contributed by atoms with Gasteiger partial charge < -0.3 is 4.12 Å². The Morgan fingerprint density at radius 3 is 2.64 bits per heavy atom. The largest absolute Gasteiger partial charge is 0.458 e. The van der Waals surface area contributed by atoms with Crippen LogP contribution in [0.2, 0.25) is 6.04 Å². The number of rotatable bonds is 4. The van der Waals surface area contributed by atoms with E-state index in [4.69, 9.17) is 4.12 Å². The number of hydrogen-bond donors (Lipinski definition) is 0. The molecule has 0 bridgehead atoms. The maximum Gasteiger partial charge on any atom is 0.229 e. The van der Waals surface area contributed by atoms with Gasteiger partial charge in [0.2, 0.25) is 20.2 Å². The van der Waals surface area contributed by atoms with Crippen molar-refractivity contribution >= 4 is 20.2 Å². The topological polar surface area (TPSA) is 9.23 Å². The zero-order valence-electron chi connectivity index (χ0n) is 6.21. The molecule has 0 amide bonds. The third-order valence-corrected chi connectivity index (χ3v) is 2.46. The Hall–Kier alpha value is -0.386. The molecule has 0 heterocycles. The molecule has 55 valence electrons. The van der Waals surface area contributed by atoms with Crippen molar-refractivity contribution in [2.45, 2.75) is 12.5 Å². The predicted molar refractivity (Wildman–Crippen MR) is 47.5 cm³/mol. The summed E-state index contributed by atoms with van der Waals surface area (Å²) in [5, 5.41) is 0. The van der Waals surface area contributed by atoms with Gasteiger partial charge in [-0.2, -0.15) is 0 Å². The zero-order chi connectivity index (χ0) is 7.94. The first-order chi connectivity index (χ1) is 5.43. The summed E-state index contributed by atoms with van der Waals surface area (Å²) in [6.07, 6.45) is 1.10. The van der Waals surface area contributed by atoms with Crippen LogP contribution >= 0.6 is 0 Å². The Bertz CT molecular complexity index is 189. The zero-order valence-corrected chi connectivity index (χ0v) is 8.21. The van der Waals surface area contributed by atoms with Gasteiger partial charge in [0.25, 0.3) is 0 Å². The van der Waals surface area contributed by atoms with Crippen LogP contribution in [0, 0.1) is 0 Å². The molecule has 0 fully saturated rings. The molecule has 0 aliphatic carbocycles. The fourth-order valence-corrected chi connectivity index (χ4v) is 1.69. The number of benzene rings is 1. The van der Waals surface area contributed by atoms with E-state index in [1.165, 1.54) is 5.56 Å². The lowest BCUT2D eigenvalue weighted by Gasteiger charge is -1.97. The van der Waals surface area contributed by atoms with E-state index in [9.17, 15) is 0 Å². The van der Waals surface area contributed by atoms with E-state index >= 15 is 0 Å². The normalized spacial score (nSPS) is 9.91. The monoisotopic (exact) mass is 177 g/mol. The molecule has 0 saturated heterocycles. The summed E-state index contributed by atoms with van der Waals surface area (Å²) in [5.74, 6) is 0. The van der Waals surface area contributed by atoms with Gasteiger partial charge in [-0.3, -0.25) is 0 Å². The lowest BCUT2D eigenvalue weighted by molar-refractivity contribution is 0.658. The van der Waals surface area contributed by atoms with Crippen LogP contribution in [0.25, 0.3) is 0 Å². The second kappa shape index (κ2) is 5.29. The van der Waals surface area contributed by atoms with E-state index in [-0.39, 0.29) is 0 Å². The Morgan fingerprint density at radius 2 is 2.00 bits per heavy atom. The molecule has 0 N–H and O–H groups in total. The molecule has 0 saturated carbocycles. The molecule has 1 nitrogen and oxygen atoms in total. The minimum atomic E-state index is 0.554. The van der Waals surface area contributed by atoms with E-state index in [2.05, 4.69) is 34.8 Å². The first-order valence-corrected chi connectivity index (χ1v) is 5.05. The molecule has 3 heteroatoms. The third-order valence-electron chi connectivity index (χ3n) is 1.43. The molecule has 0 spiro atoms. The fourth-order valence-electron chi connectivity index (χ4n) is 0.891. The second-order valence-electron chi connectivity index (χ2n) is 2.23. The summed E-state index contributed by atoms with van der Waals surface area (Å²) in [6, 6.07) is 11.5. The molecule has 1 aromatic rings. The Morgan fingerprint density at radius 1 is 1.27 bits per heavy atom. The van der Waals surface area contributed by atoms with E-state index in [0.717, 1.165) is 12.5 Å². The molecule has 1 rings (SSSR count). The van der Waals surface area contributed by atoms with Crippen LogP contribution in [-0.2, 0) is 10.5 Å². The molecule has 0 aliphatic rings. The lowest BCUT2D eigenvalue weighted by atomic mass is 10.2. The van der Waals surface area contributed by atoms with E-state index in [1.54, 1.807) is 0 Å².